The van der Waals surface area contributed by atoms with Gasteiger partial charge in [-0.25, -0.2) is 14.4 Å². The molecule has 21 nitrogen and oxygen atoms in total. The molecule has 456 valence electrons. The highest BCUT2D eigenvalue weighted by molar-refractivity contribution is 7.13. The third kappa shape index (κ3) is 15.7. The molecular weight excluding hydrogens is 1130 g/mol. The van der Waals surface area contributed by atoms with Crippen LogP contribution in [0.15, 0.2) is 77.3 Å². The van der Waals surface area contributed by atoms with Gasteiger partial charge in [-0.15, -0.1) is 11.3 Å². The molecule has 2 aromatic carbocycles. The summed E-state index contributed by atoms with van der Waals surface area (Å²) in [6.07, 6.45) is -3.92. The summed E-state index contributed by atoms with van der Waals surface area (Å²) in [4.78, 5) is 113. The summed E-state index contributed by atoms with van der Waals surface area (Å²) in [7, 11) is 1.96. The highest BCUT2D eigenvalue weighted by Gasteiger charge is 2.45. The molecule has 0 bridgehead atoms. The largest absolute Gasteiger partial charge is 0.417 e. The first-order valence-corrected chi connectivity index (χ1v) is 28.9. The number of H-pyrrole nitrogens is 1. The summed E-state index contributed by atoms with van der Waals surface area (Å²) < 4.78 is 63.7. The topological polar surface area (TPSA) is 255 Å². The van der Waals surface area contributed by atoms with Crippen LogP contribution in [0.25, 0.3) is 21.6 Å². The van der Waals surface area contributed by atoms with Crippen LogP contribution in [-0.2, 0) is 41.4 Å². The number of rotatable bonds is 19. The third-order valence-corrected chi connectivity index (χ3v) is 16.6. The van der Waals surface area contributed by atoms with E-state index in [2.05, 4.69) is 41.1 Å². The van der Waals surface area contributed by atoms with E-state index >= 15 is 4.39 Å². The molecule has 8 rings (SSSR count). The van der Waals surface area contributed by atoms with Gasteiger partial charge in [0.15, 0.2) is 0 Å². The van der Waals surface area contributed by atoms with Crippen molar-refractivity contribution in [3.05, 3.63) is 111 Å². The van der Waals surface area contributed by atoms with Gasteiger partial charge in [0, 0.05) is 120 Å². The second-order valence-electron chi connectivity index (χ2n) is 22.8. The van der Waals surface area contributed by atoms with Gasteiger partial charge in [-0.05, 0) is 68.6 Å². The number of ether oxygens (including phenoxy) is 1. The monoisotopic (exact) mass is 1200 g/mol. The minimum absolute atomic E-state index is 0.0140. The van der Waals surface area contributed by atoms with Crippen molar-refractivity contribution in [1.29, 1.82) is 0 Å². The number of aromatic amines is 1. The number of carbonyl (C=O) groups excluding carboxylic acids is 6. The maximum Gasteiger partial charge on any atom is 0.417 e. The number of amides is 6. The molecular formula is C59H72F4N12O9S. The average Bonchev–Trinajstić information content (AvgIpc) is 4.18. The van der Waals surface area contributed by atoms with Crippen LogP contribution in [0.4, 0.5) is 34.8 Å². The van der Waals surface area contributed by atoms with Gasteiger partial charge >= 0.3 is 6.18 Å². The number of anilines is 3. The molecule has 3 aromatic heterocycles. The number of aryl methyl sites for hydroxylation is 1. The Bertz CT molecular complexity index is 3280. The third-order valence-electron chi connectivity index (χ3n) is 15.6. The Kier molecular flexibility index (Phi) is 20.1. The number of benzene rings is 2. The molecule has 85 heavy (non-hydrogen) atoms. The molecule has 6 heterocycles. The molecule has 5 atom stereocenters. The number of alkyl halides is 3. The van der Waals surface area contributed by atoms with Crippen molar-refractivity contribution < 1.29 is 56.2 Å². The van der Waals surface area contributed by atoms with E-state index in [9.17, 15) is 51.8 Å². The molecule has 0 unspecified atom stereocenters. The maximum absolute atomic E-state index is 16.2. The molecule has 0 saturated carbocycles. The van der Waals surface area contributed by atoms with Crippen LogP contribution in [0, 0.1) is 18.2 Å². The number of aliphatic hydroxyl groups excluding tert-OH is 1. The van der Waals surface area contributed by atoms with Crippen molar-refractivity contribution >= 4 is 64.0 Å². The molecule has 3 aliphatic heterocycles. The number of nitrogens with zero attached hydrogens (tertiary/aromatic N) is 7. The number of halogens is 4. The highest BCUT2D eigenvalue weighted by Crippen LogP contribution is 2.38. The number of thiazole rings is 1. The Morgan fingerprint density at radius 3 is 2.20 bits per heavy atom. The van der Waals surface area contributed by atoms with Crippen molar-refractivity contribution in [2.24, 2.45) is 5.41 Å². The lowest BCUT2D eigenvalue weighted by atomic mass is 9.85. The summed E-state index contributed by atoms with van der Waals surface area (Å²) in [6, 6.07) is 12.0. The number of aromatic nitrogens is 3. The Morgan fingerprint density at radius 2 is 1.56 bits per heavy atom. The van der Waals surface area contributed by atoms with E-state index in [0.717, 1.165) is 21.7 Å². The van der Waals surface area contributed by atoms with E-state index in [1.807, 2.05) is 61.9 Å². The summed E-state index contributed by atoms with van der Waals surface area (Å²) in [5, 5.41) is 21.5. The summed E-state index contributed by atoms with van der Waals surface area (Å²) in [5.41, 5.74) is 1.19. The quantitative estimate of drug-likeness (QED) is 0.0461. The van der Waals surface area contributed by atoms with Crippen LogP contribution in [0.1, 0.15) is 81.1 Å². The van der Waals surface area contributed by atoms with Crippen molar-refractivity contribution in [2.45, 2.75) is 104 Å². The predicted molar refractivity (Wildman–Crippen MR) is 312 cm³/mol. The number of pyridine rings is 2. The zero-order chi connectivity index (χ0) is 61.5. The minimum atomic E-state index is -5.01. The minimum Gasteiger partial charge on any atom is -0.391 e. The van der Waals surface area contributed by atoms with Gasteiger partial charge < -0.3 is 55.7 Å². The second-order valence-corrected chi connectivity index (χ2v) is 23.7. The number of hydrogen-bond acceptors (Lipinski definition) is 15. The van der Waals surface area contributed by atoms with Gasteiger partial charge in [-0.2, -0.15) is 13.2 Å². The van der Waals surface area contributed by atoms with Crippen LogP contribution in [-0.4, -0.2) is 173 Å². The molecule has 6 N–H and O–H groups in total. The fourth-order valence-electron chi connectivity index (χ4n) is 10.6. The van der Waals surface area contributed by atoms with E-state index in [0.29, 0.717) is 62.9 Å². The Balaban J connectivity index is 0.771. The van der Waals surface area contributed by atoms with Crippen molar-refractivity contribution in [2.75, 3.05) is 87.7 Å². The SMILES string of the molecule is Cc1ncsc1-c1ccc(CNC(=O)[C@@H]2C[C@@H](O)CN2C(=O)[C@@H](NC(=O)COCCNC(=O)CCC(=O)N2CCN(c3ccc(-c4cc(NC(=O)c5c[nH]c(=O)cc5C(F)(F)F)c(N5C[C@@H](C)N(C)[C@@H](C)C5)cc4F)cn3)CC2)C(C)(C)C)cc1. The molecule has 26 heteroatoms. The van der Waals surface area contributed by atoms with Gasteiger partial charge in [0.2, 0.25) is 35.1 Å². The van der Waals surface area contributed by atoms with Gasteiger partial charge in [0.25, 0.3) is 5.91 Å². The van der Waals surface area contributed by atoms with Gasteiger partial charge in [-0.1, -0.05) is 45.0 Å². The average molecular weight is 1200 g/mol. The zero-order valence-corrected chi connectivity index (χ0v) is 49.3. The van der Waals surface area contributed by atoms with E-state index in [4.69, 9.17) is 4.74 Å². The molecule has 3 saturated heterocycles. The van der Waals surface area contributed by atoms with Crippen LogP contribution in [0.5, 0.6) is 0 Å². The predicted octanol–water partition coefficient (Wildman–Crippen LogP) is 5.18. The Hall–Kier alpha value is -7.81. The Morgan fingerprint density at radius 1 is 0.871 bits per heavy atom. The standard InChI is InChI=1S/C59H72F4N12O9S/c1-34-29-74(30-35(2)71(34)7)46-25-44(60)41(23-45(46)69-55(81)42-28-66-50(78)24-43(42)59(61,62)63)39-12-13-48(65-27-39)72-17-19-73(20-18-72)52(80)15-14-49(77)64-16-21-84-32-51(79)70-54(58(4,5)6)57(83)75-31-40(76)22-47(75)56(82)67-26-37-8-10-38(11-9-37)53-36(3)68-33-85-53/h8-13,23-25,27-28,33-35,40,47,54,76H,14-22,26,29-32H2,1-7H3,(H,64,77)(H,66,78)(H,67,82)(H,69,81)(H,70,79)/t34-,35+,40-,47+,54-/m1/s1. The number of hydrogen-bond donors (Lipinski definition) is 6. The summed E-state index contributed by atoms with van der Waals surface area (Å²) >= 11 is 1.54. The second kappa shape index (κ2) is 27.1. The Labute approximate surface area is 493 Å². The zero-order valence-electron chi connectivity index (χ0n) is 48.5. The number of likely N-dealkylation sites (N-methyl/N-ethyl adjacent to an activating group) is 1. The first-order valence-electron chi connectivity index (χ1n) is 28.1. The molecule has 3 aliphatic rings. The number of nitrogens with one attached hydrogen (secondary N) is 5. The number of aliphatic hydroxyl groups is 1. The normalized spacial score (nSPS) is 18.9. The fourth-order valence-corrected chi connectivity index (χ4v) is 11.4. The van der Waals surface area contributed by atoms with Crippen molar-refractivity contribution in [3.63, 3.8) is 0 Å². The fraction of sp³-hybridized carbons (Fsp3) is 0.475. The van der Waals surface area contributed by atoms with Crippen LogP contribution in [0.3, 0.4) is 0 Å². The molecule has 0 aliphatic carbocycles. The van der Waals surface area contributed by atoms with E-state index in [-0.39, 0.29) is 80.4 Å². The lowest BCUT2D eigenvalue weighted by Gasteiger charge is -2.44. The smallest absolute Gasteiger partial charge is 0.391 e. The first-order chi connectivity index (χ1) is 40.2. The van der Waals surface area contributed by atoms with E-state index in [1.165, 1.54) is 23.2 Å². The molecule has 0 radical (unpaired) electrons. The van der Waals surface area contributed by atoms with Gasteiger partial charge in [0.1, 0.15) is 30.3 Å². The highest BCUT2D eigenvalue weighted by atomic mass is 32.1. The number of likely N-dealkylation sites (tertiary alicyclic amines) is 1. The van der Waals surface area contributed by atoms with E-state index < -0.39 is 88.4 Å². The lowest BCUT2D eigenvalue weighted by Crippen LogP contribution is -2.58. The van der Waals surface area contributed by atoms with Gasteiger partial charge in [-0.3, -0.25) is 38.5 Å². The number of carbonyl (C=O) groups is 6. The summed E-state index contributed by atoms with van der Waals surface area (Å²) in [6.45, 7) is 13.2. The van der Waals surface area contributed by atoms with Crippen LogP contribution < -0.4 is 36.6 Å². The van der Waals surface area contributed by atoms with Gasteiger partial charge in [0.05, 0.1) is 51.3 Å². The van der Waals surface area contributed by atoms with Crippen molar-refractivity contribution in [1.82, 2.24) is 45.6 Å². The maximum atomic E-state index is 16.2. The molecule has 6 amide bonds. The molecule has 0 spiro atoms. The van der Waals surface area contributed by atoms with Crippen molar-refractivity contribution in [3.8, 4) is 21.6 Å². The molecule has 3 fully saturated rings. The van der Waals surface area contributed by atoms with Crippen LogP contribution >= 0.6 is 11.3 Å². The van der Waals surface area contributed by atoms with Crippen LogP contribution in [0.2, 0.25) is 0 Å². The first kappa shape index (κ1) is 63.2. The number of β-amino-alcohol motifs (C(OH)–C–C–N with tert-alkyl or cyclic N) is 1. The summed E-state index contributed by atoms with van der Waals surface area (Å²) in [5.74, 6) is -3.46. The number of piperazine rings is 2. The molecule has 5 aromatic rings. The van der Waals surface area contributed by atoms with E-state index in [1.54, 1.807) is 54.7 Å². The lowest BCUT2D eigenvalue weighted by molar-refractivity contribution is -0.144.